The second kappa shape index (κ2) is 10.4. The molecule has 2 aromatic carbocycles. The summed E-state index contributed by atoms with van der Waals surface area (Å²) in [5, 5.41) is 1.22. The van der Waals surface area contributed by atoms with Gasteiger partial charge in [0.2, 0.25) is 0 Å². The van der Waals surface area contributed by atoms with Crippen LogP contribution >= 0.6 is 11.6 Å². The van der Waals surface area contributed by atoms with Gasteiger partial charge in [-0.3, -0.25) is 4.79 Å². The van der Waals surface area contributed by atoms with Gasteiger partial charge in [-0.2, -0.15) is 0 Å². The number of hydrogen-bond donors (Lipinski definition) is 0. The van der Waals surface area contributed by atoms with Crippen molar-refractivity contribution in [1.29, 1.82) is 0 Å². The van der Waals surface area contributed by atoms with Gasteiger partial charge in [0.15, 0.2) is 0 Å². The Morgan fingerprint density at radius 2 is 1.86 bits per heavy atom. The average molecular weight is 511 g/mol. The highest BCUT2D eigenvalue weighted by molar-refractivity contribution is 6.76. The summed E-state index contributed by atoms with van der Waals surface area (Å²) in [6.07, 6.45) is 2.36. The van der Waals surface area contributed by atoms with Crippen molar-refractivity contribution in [1.82, 2.24) is 4.57 Å². The Bertz CT molecular complexity index is 1280. The lowest BCUT2D eigenvalue weighted by molar-refractivity contribution is -0.114. The number of carbonyl (C=O) groups excluding carboxylic acids is 2. The highest BCUT2D eigenvalue weighted by Crippen LogP contribution is 2.36. The highest BCUT2D eigenvalue weighted by atomic mass is 35.5. The standard InChI is InChI=1S/C27H31ClN2O4Si/c1-33-27(32)25-21(17-19-13-14-29(26(19)31)20-9-6-5-7-10-20)24-22(28)11-8-12-23(24)30(25)18-34-15-16-35(2,3)4/h5-12,17H,13-16,18H2,1-4H3/b19-17-. The van der Waals surface area contributed by atoms with Gasteiger partial charge in [0.25, 0.3) is 5.91 Å². The van der Waals surface area contributed by atoms with Crippen molar-refractivity contribution in [2.24, 2.45) is 0 Å². The molecule has 184 valence electrons. The van der Waals surface area contributed by atoms with E-state index in [1.54, 1.807) is 21.6 Å². The summed E-state index contributed by atoms with van der Waals surface area (Å²) in [6, 6.07) is 16.1. The first-order valence-corrected chi connectivity index (χ1v) is 15.8. The van der Waals surface area contributed by atoms with Gasteiger partial charge < -0.3 is 18.9 Å². The minimum absolute atomic E-state index is 0.0774. The number of nitrogens with zero attached hydrogens (tertiary/aromatic N) is 2. The third-order valence-corrected chi connectivity index (χ3v) is 8.20. The number of hydrogen-bond acceptors (Lipinski definition) is 4. The maximum Gasteiger partial charge on any atom is 0.355 e. The summed E-state index contributed by atoms with van der Waals surface area (Å²) in [4.78, 5) is 28.0. The van der Waals surface area contributed by atoms with Gasteiger partial charge in [0.1, 0.15) is 12.4 Å². The Morgan fingerprint density at radius 1 is 1.11 bits per heavy atom. The molecule has 1 aromatic heterocycles. The van der Waals surface area contributed by atoms with Gasteiger partial charge in [-0.05, 0) is 42.8 Å². The Hall–Kier alpha value is -2.87. The van der Waals surface area contributed by atoms with Crippen LogP contribution in [0.4, 0.5) is 5.69 Å². The molecule has 0 unspecified atom stereocenters. The van der Waals surface area contributed by atoms with Crippen LogP contribution in [0, 0.1) is 0 Å². The number of anilines is 1. The van der Waals surface area contributed by atoms with Crippen molar-refractivity contribution < 1.29 is 19.1 Å². The minimum atomic E-state index is -1.26. The highest BCUT2D eigenvalue weighted by Gasteiger charge is 2.30. The van der Waals surface area contributed by atoms with E-state index in [1.807, 2.05) is 42.5 Å². The smallest absolute Gasteiger partial charge is 0.355 e. The Kier molecular flexibility index (Phi) is 7.49. The van der Waals surface area contributed by atoms with Crippen LogP contribution in [0.15, 0.2) is 54.1 Å². The molecule has 0 spiro atoms. The van der Waals surface area contributed by atoms with Crippen molar-refractivity contribution >= 4 is 54.2 Å². The van der Waals surface area contributed by atoms with Crippen molar-refractivity contribution in [3.63, 3.8) is 0 Å². The number of halogens is 1. The van der Waals surface area contributed by atoms with Crippen molar-refractivity contribution in [2.45, 2.75) is 38.8 Å². The number of esters is 1. The third-order valence-electron chi connectivity index (χ3n) is 6.18. The number of benzene rings is 2. The molecule has 1 aliphatic heterocycles. The predicted molar refractivity (Wildman–Crippen MR) is 144 cm³/mol. The molecule has 2 heterocycles. The first-order chi connectivity index (χ1) is 16.7. The Morgan fingerprint density at radius 3 is 2.54 bits per heavy atom. The molecule has 4 rings (SSSR count). The lowest BCUT2D eigenvalue weighted by atomic mass is 10.1. The summed E-state index contributed by atoms with van der Waals surface area (Å²) >= 11 is 6.64. The van der Waals surface area contributed by atoms with Crippen LogP contribution in [-0.4, -0.2) is 44.8 Å². The van der Waals surface area contributed by atoms with E-state index in [1.165, 1.54) is 7.11 Å². The van der Waals surface area contributed by atoms with Crippen molar-refractivity contribution in [3.8, 4) is 0 Å². The van der Waals surface area contributed by atoms with E-state index >= 15 is 0 Å². The summed E-state index contributed by atoms with van der Waals surface area (Å²) in [7, 11) is 0.0932. The van der Waals surface area contributed by atoms with Crippen LogP contribution in [0.1, 0.15) is 22.5 Å². The molecule has 3 aromatic rings. The number of para-hydroxylation sites is 1. The number of carbonyl (C=O) groups is 2. The topological polar surface area (TPSA) is 60.8 Å². The largest absolute Gasteiger partial charge is 0.464 e. The maximum atomic E-state index is 13.3. The second-order valence-corrected chi connectivity index (χ2v) is 15.9. The monoisotopic (exact) mass is 510 g/mol. The van der Waals surface area contributed by atoms with Gasteiger partial charge >= 0.3 is 5.97 Å². The normalized spacial score (nSPS) is 15.4. The molecular formula is C27H31ClN2O4Si. The molecule has 1 fully saturated rings. The molecule has 0 aliphatic carbocycles. The van der Waals surface area contributed by atoms with E-state index in [9.17, 15) is 9.59 Å². The molecular weight excluding hydrogens is 480 g/mol. The minimum Gasteiger partial charge on any atom is -0.464 e. The third kappa shape index (κ3) is 5.37. The summed E-state index contributed by atoms with van der Waals surface area (Å²) in [5.74, 6) is -0.574. The van der Waals surface area contributed by atoms with E-state index in [2.05, 4.69) is 19.6 Å². The van der Waals surface area contributed by atoms with E-state index in [-0.39, 0.29) is 12.6 Å². The number of aromatic nitrogens is 1. The summed E-state index contributed by atoms with van der Waals surface area (Å²) in [6.45, 7) is 8.26. The summed E-state index contributed by atoms with van der Waals surface area (Å²) < 4.78 is 13.0. The quantitative estimate of drug-likeness (QED) is 0.156. The number of ether oxygens (including phenoxy) is 2. The molecule has 1 amide bonds. The van der Waals surface area contributed by atoms with Crippen molar-refractivity contribution in [3.05, 3.63) is 70.4 Å². The molecule has 0 bridgehead atoms. The fourth-order valence-corrected chi connectivity index (χ4v) is 5.32. The number of fused-ring (bicyclic) bond motifs is 1. The van der Waals surface area contributed by atoms with E-state index in [0.717, 1.165) is 17.2 Å². The predicted octanol–water partition coefficient (Wildman–Crippen LogP) is 6.21. The molecule has 1 saturated heterocycles. The summed E-state index contributed by atoms with van der Waals surface area (Å²) in [5.41, 5.74) is 3.16. The molecule has 0 atom stereocenters. The molecule has 8 heteroatoms. The Balaban J connectivity index is 1.77. The van der Waals surface area contributed by atoms with Gasteiger partial charge in [0, 0.05) is 43.4 Å². The number of methoxy groups -OCH3 is 1. The molecule has 0 saturated carbocycles. The van der Waals surface area contributed by atoms with Crippen molar-refractivity contribution in [2.75, 3.05) is 25.2 Å². The van der Waals surface area contributed by atoms with Gasteiger partial charge in [-0.1, -0.05) is 55.5 Å². The molecule has 1 aliphatic rings. The maximum absolute atomic E-state index is 13.3. The number of amides is 1. The molecule has 0 N–H and O–H groups in total. The number of rotatable bonds is 8. The van der Waals surface area contributed by atoms with E-state index in [0.29, 0.717) is 46.8 Å². The SMILES string of the molecule is COC(=O)c1c(/C=C2/CCN(c3ccccc3)C2=O)c2c(Cl)cccc2n1COCC[Si](C)(C)C. The van der Waals surface area contributed by atoms with Gasteiger partial charge in [0.05, 0.1) is 17.6 Å². The lowest BCUT2D eigenvalue weighted by Gasteiger charge is -2.16. The van der Waals surface area contributed by atoms with Crippen LogP contribution in [0.3, 0.4) is 0 Å². The first-order valence-electron chi connectivity index (χ1n) is 11.8. The Labute approximate surface area is 212 Å². The zero-order chi connectivity index (χ0) is 25.2. The molecule has 0 radical (unpaired) electrons. The van der Waals surface area contributed by atoms with Gasteiger partial charge in [-0.25, -0.2) is 4.79 Å². The zero-order valence-electron chi connectivity index (χ0n) is 20.6. The average Bonchev–Trinajstić information content (AvgIpc) is 3.35. The van der Waals surface area contributed by atoms with Crippen LogP contribution < -0.4 is 4.90 Å². The van der Waals surface area contributed by atoms with Crippen LogP contribution in [0.2, 0.25) is 30.7 Å². The van der Waals surface area contributed by atoms with Gasteiger partial charge in [-0.15, -0.1) is 0 Å². The van der Waals surface area contributed by atoms with Crippen LogP contribution in [-0.2, 0) is 21.0 Å². The first kappa shape index (κ1) is 25.2. The fraction of sp³-hybridized carbons (Fsp3) is 0.333. The van der Waals surface area contributed by atoms with Crippen LogP contribution in [0.5, 0.6) is 0 Å². The molecule has 6 nitrogen and oxygen atoms in total. The lowest BCUT2D eigenvalue weighted by Crippen LogP contribution is -2.24. The van der Waals surface area contributed by atoms with E-state index in [4.69, 9.17) is 21.1 Å². The van der Waals surface area contributed by atoms with Crippen LogP contribution in [0.25, 0.3) is 17.0 Å². The van der Waals surface area contributed by atoms with E-state index < -0.39 is 14.0 Å². The molecule has 35 heavy (non-hydrogen) atoms. The zero-order valence-corrected chi connectivity index (χ0v) is 22.4. The second-order valence-electron chi connectivity index (χ2n) is 9.88. The fourth-order valence-electron chi connectivity index (χ4n) is 4.29.